The first-order valence-corrected chi connectivity index (χ1v) is 6.50. The number of aromatic nitrogens is 3. The average Bonchev–Trinajstić information content (AvgIpc) is 2.81. The predicted octanol–water partition coefficient (Wildman–Crippen LogP) is 2.87. The number of aryl methyl sites for hydroxylation is 2. The first-order valence-electron chi connectivity index (χ1n) is 6.50. The van der Waals surface area contributed by atoms with E-state index in [-0.39, 0.29) is 0 Å². The average molecular weight is 268 g/mol. The van der Waals surface area contributed by atoms with Crippen molar-refractivity contribution >= 4 is 16.9 Å². The SMILES string of the molecule is Cc1cc(C)nc(N(C)Cc2noc3ccccc23)n1. The van der Waals surface area contributed by atoms with Crippen LogP contribution in [0.5, 0.6) is 0 Å². The Hall–Kier alpha value is -2.43. The van der Waals surface area contributed by atoms with Crippen molar-refractivity contribution in [2.24, 2.45) is 0 Å². The van der Waals surface area contributed by atoms with Crippen molar-refractivity contribution in [3.63, 3.8) is 0 Å². The summed E-state index contributed by atoms with van der Waals surface area (Å²) in [7, 11) is 1.96. The van der Waals surface area contributed by atoms with Gasteiger partial charge in [0.2, 0.25) is 5.95 Å². The maximum Gasteiger partial charge on any atom is 0.225 e. The Kier molecular flexibility index (Phi) is 3.10. The van der Waals surface area contributed by atoms with Gasteiger partial charge in [-0.15, -0.1) is 0 Å². The van der Waals surface area contributed by atoms with Gasteiger partial charge in [0.1, 0.15) is 5.69 Å². The van der Waals surface area contributed by atoms with E-state index < -0.39 is 0 Å². The normalized spacial score (nSPS) is 10.9. The molecule has 0 saturated heterocycles. The third kappa shape index (κ3) is 2.34. The van der Waals surface area contributed by atoms with E-state index in [0.717, 1.165) is 28.1 Å². The van der Waals surface area contributed by atoms with Gasteiger partial charge >= 0.3 is 0 Å². The van der Waals surface area contributed by atoms with Gasteiger partial charge in [-0.2, -0.15) is 0 Å². The third-order valence-corrected chi connectivity index (χ3v) is 3.15. The second-order valence-electron chi connectivity index (χ2n) is 4.93. The Morgan fingerprint density at radius 1 is 1.10 bits per heavy atom. The number of rotatable bonds is 3. The number of hydrogen-bond donors (Lipinski definition) is 0. The Balaban J connectivity index is 1.90. The number of fused-ring (bicyclic) bond motifs is 1. The maximum absolute atomic E-state index is 5.32. The lowest BCUT2D eigenvalue weighted by Gasteiger charge is -2.16. The molecule has 2 heterocycles. The lowest BCUT2D eigenvalue weighted by atomic mass is 10.2. The van der Waals surface area contributed by atoms with Crippen LogP contribution in [0, 0.1) is 13.8 Å². The Morgan fingerprint density at radius 3 is 2.55 bits per heavy atom. The van der Waals surface area contributed by atoms with Crippen LogP contribution in [0.15, 0.2) is 34.9 Å². The van der Waals surface area contributed by atoms with Crippen LogP contribution >= 0.6 is 0 Å². The van der Waals surface area contributed by atoms with E-state index in [1.807, 2.05) is 56.1 Å². The highest BCUT2D eigenvalue weighted by Gasteiger charge is 2.12. The van der Waals surface area contributed by atoms with Crippen molar-refractivity contribution in [1.82, 2.24) is 15.1 Å². The van der Waals surface area contributed by atoms with Gasteiger partial charge in [0.05, 0.1) is 6.54 Å². The third-order valence-electron chi connectivity index (χ3n) is 3.15. The Labute approximate surface area is 117 Å². The molecule has 0 bridgehead atoms. The van der Waals surface area contributed by atoms with Crippen molar-refractivity contribution in [2.75, 3.05) is 11.9 Å². The molecule has 20 heavy (non-hydrogen) atoms. The molecule has 0 fully saturated rings. The van der Waals surface area contributed by atoms with Crippen LogP contribution < -0.4 is 4.90 Å². The maximum atomic E-state index is 5.32. The minimum absolute atomic E-state index is 0.611. The van der Waals surface area contributed by atoms with Crippen LogP contribution in [0.2, 0.25) is 0 Å². The fourth-order valence-corrected chi connectivity index (χ4v) is 2.23. The second-order valence-corrected chi connectivity index (χ2v) is 4.93. The van der Waals surface area contributed by atoms with Crippen molar-refractivity contribution in [2.45, 2.75) is 20.4 Å². The fourth-order valence-electron chi connectivity index (χ4n) is 2.23. The van der Waals surface area contributed by atoms with Gasteiger partial charge in [-0.1, -0.05) is 17.3 Å². The molecule has 0 atom stereocenters. The van der Waals surface area contributed by atoms with Crippen molar-refractivity contribution in [3.05, 3.63) is 47.4 Å². The summed E-state index contributed by atoms with van der Waals surface area (Å²) in [5.74, 6) is 0.703. The standard InChI is InChI=1S/C15H16N4O/c1-10-8-11(2)17-15(16-10)19(3)9-13-12-6-4-5-7-14(12)20-18-13/h4-8H,9H2,1-3H3. The van der Waals surface area contributed by atoms with Crippen molar-refractivity contribution in [1.29, 1.82) is 0 Å². The molecule has 0 unspecified atom stereocenters. The van der Waals surface area contributed by atoms with Gasteiger partial charge in [-0.25, -0.2) is 9.97 Å². The molecular formula is C15H16N4O. The van der Waals surface area contributed by atoms with Crippen LogP contribution in [-0.2, 0) is 6.54 Å². The summed E-state index contributed by atoms with van der Waals surface area (Å²) in [6.45, 7) is 4.55. The van der Waals surface area contributed by atoms with Crippen molar-refractivity contribution in [3.8, 4) is 0 Å². The van der Waals surface area contributed by atoms with Gasteiger partial charge < -0.3 is 9.42 Å². The molecule has 0 spiro atoms. The zero-order valence-corrected chi connectivity index (χ0v) is 11.8. The summed E-state index contributed by atoms with van der Waals surface area (Å²) >= 11 is 0. The molecule has 2 aromatic heterocycles. The smallest absolute Gasteiger partial charge is 0.225 e. The molecule has 3 aromatic rings. The van der Waals surface area contributed by atoms with E-state index >= 15 is 0 Å². The molecule has 0 radical (unpaired) electrons. The number of anilines is 1. The molecule has 3 rings (SSSR count). The molecule has 0 amide bonds. The molecule has 5 heteroatoms. The molecule has 0 N–H and O–H groups in total. The molecule has 0 saturated carbocycles. The zero-order chi connectivity index (χ0) is 14.1. The molecular weight excluding hydrogens is 252 g/mol. The molecule has 0 aliphatic carbocycles. The monoisotopic (exact) mass is 268 g/mol. The summed E-state index contributed by atoms with van der Waals surface area (Å²) in [5, 5.41) is 5.16. The highest BCUT2D eigenvalue weighted by molar-refractivity contribution is 5.79. The predicted molar refractivity (Wildman–Crippen MR) is 77.6 cm³/mol. The van der Waals surface area contributed by atoms with Gasteiger partial charge in [-0.3, -0.25) is 0 Å². The summed E-state index contributed by atoms with van der Waals surface area (Å²) in [6, 6.07) is 9.81. The van der Waals surface area contributed by atoms with E-state index in [4.69, 9.17) is 4.52 Å². The first kappa shape index (κ1) is 12.6. The fraction of sp³-hybridized carbons (Fsp3) is 0.267. The zero-order valence-electron chi connectivity index (χ0n) is 11.8. The Bertz CT molecular complexity index is 730. The van der Waals surface area contributed by atoms with E-state index in [1.165, 1.54) is 0 Å². The van der Waals surface area contributed by atoms with Crippen LogP contribution in [0.4, 0.5) is 5.95 Å². The summed E-state index contributed by atoms with van der Waals surface area (Å²) in [5.41, 5.74) is 3.62. The first-order chi connectivity index (χ1) is 9.63. The number of benzene rings is 1. The van der Waals surface area contributed by atoms with Gasteiger partial charge in [0.15, 0.2) is 5.58 Å². The molecule has 102 valence electrons. The summed E-state index contributed by atoms with van der Waals surface area (Å²) in [4.78, 5) is 10.9. The Morgan fingerprint density at radius 2 is 1.80 bits per heavy atom. The van der Waals surface area contributed by atoms with Crippen molar-refractivity contribution < 1.29 is 4.52 Å². The highest BCUT2D eigenvalue weighted by atomic mass is 16.5. The van der Waals surface area contributed by atoms with E-state index in [2.05, 4.69) is 15.1 Å². The summed E-state index contributed by atoms with van der Waals surface area (Å²) < 4.78 is 5.32. The summed E-state index contributed by atoms with van der Waals surface area (Å²) in [6.07, 6.45) is 0. The van der Waals surface area contributed by atoms with Gasteiger partial charge in [0.25, 0.3) is 0 Å². The molecule has 0 aliphatic rings. The number of nitrogens with zero attached hydrogens (tertiary/aromatic N) is 4. The van der Waals surface area contributed by atoms with E-state index in [9.17, 15) is 0 Å². The topological polar surface area (TPSA) is 55.1 Å². The van der Waals surface area contributed by atoms with Crippen LogP contribution in [0.3, 0.4) is 0 Å². The minimum Gasteiger partial charge on any atom is -0.356 e. The second kappa shape index (κ2) is 4.92. The van der Waals surface area contributed by atoms with Crippen LogP contribution in [-0.4, -0.2) is 22.2 Å². The van der Waals surface area contributed by atoms with E-state index in [1.54, 1.807) is 0 Å². The van der Waals surface area contributed by atoms with Gasteiger partial charge in [-0.05, 0) is 32.0 Å². The highest BCUT2D eigenvalue weighted by Crippen LogP contribution is 2.20. The minimum atomic E-state index is 0.611. The van der Waals surface area contributed by atoms with Crippen LogP contribution in [0.1, 0.15) is 17.1 Å². The molecule has 1 aromatic carbocycles. The van der Waals surface area contributed by atoms with Crippen LogP contribution in [0.25, 0.3) is 11.0 Å². The van der Waals surface area contributed by atoms with E-state index in [0.29, 0.717) is 12.5 Å². The van der Waals surface area contributed by atoms with Gasteiger partial charge in [0, 0.05) is 23.8 Å². The molecule has 5 nitrogen and oxygen atoms in total. The molecule has 0 aliphatic heterocycles. The lowest BCUT2D eigenvalue weighted by molar-refractivity contribution is 0.445. The lowest BCUT2D eigenvalue weighted by Crippen LogP contribution is -2.20. The number of hydrogen-bond acceptors (Lipinski definition) is 5. The number of para-hydroxylation sites is 1. The largest absolute Gasteiger partial charge is 0.356 e. The quantitative estimate of drug-likeness (QED) is 0.731.